The van der Waals surface area contributed by atoms with Gasteiger partial charge in [0.05, 0.1) is 0 Å². The van der Waals surface area contributed by atoms with Crippen LogP contribution < -0.4 is 0 Å². The van der Waals surface area contributed by atoms with Crippen LogP contribution in [0.2, 0.25) is 0 Å². The Hall–Kier alpha value is -1.37. The van der Waals surface area contributed by atoms with E-state index in [0.717, 1.165) is 12.8 Å². The van der Waals surface area contributed by atoms with Gasteiger partial charge in [0.2, 0.25) is 0 Å². The molecule has 1 fully saturated rings. The zero-order chi connectivity index (χ0) is 12.3. The van der Waals surface area contributed by atoms with Gasteiger partial charge in [0.15, 0.2) is 0 Å². The lowest BCUT2D eigenvalue weighted by atomic mass is 9.63. The summed E-state index contributed by atoms with van der Waals surface area (Å²) in [5.74, 6) is 1.69. The van der Waals surface area contributed by atoms with Gasteiger partial charge < -0.3 is 0 Å². The van der Waals surface area contributed by atoms with Gasteiger partial charge in [-0.2, -0.15) is 0 Å². The molecule has 0 amide bonds. The second kappa shape index (κ2) is 3.34. The molecule has 0 aliphatic heterocycles. The molecule has 2 bridgehead atoms. The molecular weight excluding hydrogens is 220 g/mol. The molecule has 0 aromatic heterocycles. The zero-order valence-corrected chi connectivity index (χ0v) is 10.8. The van der Waals surface area contributed by atoms with E-state index in [2.05, 4.69) is 37.3 Å². The Balaban J connectivity index is 1.79. The molecule has 4 rings (SSSR count). The minimum absolute atomic E-state index is 0.0400. The number of hydrogen-bond acceptors (Lipinski definition) is 1. The Bertz CT molecular complexity index is 569. The molecule has 1 saturated carbocycles. The smallest absolute Gasteiger partial charge is 0.144 e. The van der Waals surface area contributed by atoms with Crippen LogP contribution in [0.5, 0.6) is 0 Å². The van der Waals surface area contributed by atoms with Gasteiger partial charge in [-0.25, -0.2) is 0 Å². The molecule has 0 radical (unpaired) electrons. The third-order valence-electron chi connectivity index (χ3n) is 5.28. The highest BCUT2D eigenvalue weighted by Gasteiger charge is 2.54. The molecule has 0 N–H and O–H groups in total. The van der Waals surface area contributed by atoms with Crippen molar-refractivity contribution in [3.63, 3.8) is 0 Å². The molecule has 1 aromatic carbocycles. The molecule has 0 saturated heterocycles. The Kier molecular flexibility index (Phi) is 1.96. The van der Waals surface area contributed by atoms with Crippen molar-refractivity contribution >= 4 is 5.78 Å². The van der Waals surface area contributed by atoms with Gasteiger partial charge in [-0.3, -0.25) is 4.79 Å². The highest BCUT2D eigenvalue weighted by Crippen LogP contribution is 2.56. The van der Waals surface area contributed by atoms with Crippen molar-refractivity contribution in [1.29, 1.82) is 0 Å². The van der Waals surface area contributed by atoms with Crippen LogP contribution in [0.4, 0.5) is 0 Å². The minimum Gasteiger partial charge on any atom is -0.299 e. The Labute approximate surface area is 108 Å². The maximum atomic E-state index is 12.6. The average Bonchev–Trinajstić information content (AvgIpc) is 2.92. The highest BCUT2D eigenvalue weighted by molar-refractivity contribution is 5.90. The molecule has 92 valence electrons. The van der Waals surface area contributed by atoms with Crippen molar-refractivity contribution in [2.75, 3.05) is 0 Å². The van der Waals surface area contributed by atoms with Crippen molar-refractivity contribution in [3.05, 3.63) is 47.0 Å². The summed E-state index contributed by atoms with van der Waals surface area (Å²) in [6.45, 7) is 2.11. The quantitative estimate of drug-likeness (QED) is 0.634. The minimum atomic E-state index is -0.0400. The summed E-state index contributed by atoms with van der Waals surface area (Å²) in [7, 11) is 0. The van der Waals surface area contributed by atoms with Crippen molar-refractivity contribution < 1.29 is 4.79 Å². The molecule has 3 atom stereocenters. The van der Waals surface area contributed by atoms with Gasteiger partial charge in [-0.15, -0.1) is 0 Å². The van der Waals surface area contributed by atoms with Gasteiger partial charge >= 0.3 is 0 Å². The van der Waals surface area contributed by atoms with Crippen LogP contribution in [0, 0.1) is 24.2 Å². The Morgan fingerprint density at radius 1 is 1.22 bits per heavy atom. The fourth-order valence-corrected chi connectivity index (χ4v) is 4.36. The third-order valence-corrected chi connectivity index (χ3v) is 5.28. The van der Waals surface area contributed by atoms with Crippen LogP contribution in [-0.4, -0.2) is 5.78 Å². The Morgan fingerprint density at radius 2 is 2.11 bits per heavy atom. The predicted molar refractivity (Wildman–Crippen MR) is 71.4 cm³/mol. The van der Waals surface area contributed by atoms with Crippen LogP contribution in [0.1, 0.15) is 29.5 Å². The fraction of sp³-hybridized carbons (Fsp3) is 0.471. The standard InChI is InChI=1S/C17H18O/c1-11-2-4-13-10-17(16(18)8-14(13)6-11)9-12-3-5-15(17)7-12/h2-6,12,15H,7-10H2,1H3. The van der Waals surface area contributed by atoms with Crippen molar-refractivity contribution in [2.24, 2.45) is 17.3 Å². The summed E-state index contributed by atoms with van der Waals surface area (Å²) in [4.78, 5) is 12.6. The second-order valence-corrected chi connectivity index (χ2v) is 6.40. The summed E-state index contributed by atoms with van der Waals surface area (Å²) in [6.07, 6.45) is 8.59. The molecule has 3 aliphatic rings. The van der Waals surface area contributed by atoms with Gasteiger partial charge in [-0.05, 0) is 49.1 Å². The SMILES string of the molecule is Cc1ccc2c(c1)CC(=O)C1(C2)CC2C=CC1C2. The zero-order valence-electron chi connectivity index (χ0n) is 10.8. The first-order valence-electron chi connectivity index (χ1n) is 6.97. The van der Waals surface area contributed by atoms with Gasteiger partial charge in [0.1, 0.15) is 5.78 Å². The monoisotopic (exact) mass is 238 g/mol. The maximum absolute atomic E-state index is 12.6. The number of hydrogen-bond donors (Lipinski definition) is 0. The number of allylic oxidation sites excluding steroid dienone is 2. The fourth-order valence-electron chi connectivity index (χ4n) is 4.36. The van der Waals surface area contributed by atoms with E-state index in [9.17, 15) is 4.79 Å². The summed E-state index contributed by atoms with van der Waals surface area (Å²) >= 11 is 0. The largest absolute Gasteiger partial charge is 0.299 e. The molecule has 3 aliphatic carbocycles. The number of carbonyl (C=O) groups is 1. The van der Waals surface area contributed by atoms with Crippen LogP contribution in [-0.2, 0) is 17.6 Å². The lowest BCUT2D eigenvalue weighted by Gasteiger charge is -2.38. The van der Waals surface area contributed by atoms with Crippen molar-refractivity contribution in [2.45, 2.75) is 32.6 Å². The topological polar surface area (TPSA) is 17.1 Å². The number of carbonyl (C=O) groups excluding carboxylic acids is 1. The maximum Gasteiger partial charge on any atom is 0.144 e. The van der Waals surface area contributed by atoms with Gasteiger partial charge in [-0.1, -0.05) is 35.9 Å². The first-order valence-corrected chi connectivity index (χ1v) is 6.97. The summed E-state index contributed by atoms with van der Waals surface area (Å²) < 4.78 is 0. The molecule has 1 spiro atoms. The molecule has 1 nitrogen and oxygen atoms in total. The van der Waals surface area contributed by atoms with E-state index in [-0.39, 0.29) is 5.41 Å². The average molecular weight is 238 g/mol. The van der Waals surface area contributed by atoms with Crippen molar-refractivity contribution in [1.82, 2.24) is 0 Å². The second-order valence-electron chi connectivity index (χ2n) is 6.40. The number of rotatable bonds is 0. The Morgan fingerprint density at radius 3 is 2.83 bits per heavy atom. The van der Waals surface area contributed by atoms with Crippen LogP contribution in [0.15, 0.2) is 30.4 Å². The summed E-state index contributed by atoms with van der Waals surface area (Å²) in [5, 5.41) is 0. The van der Waals surface area contributed by atoms with E-state index in [4.69, 9.17) is 0 Å². The first-order chi connectivity index (χ1) is 8.67. The van der Waals surface area contributed by atoms with Crippen LogP contribution >= 0.6 is 0 Å². The number of Topliss-reactive ketones (excluding diaryl/α,β-unsaturated/α-hetero) is 1. The molecule has 18 heavy (non-hydrogen) atoms. The van der Waals surface area contributed by atoms with E-state index in [1.54, 1.807) is 0 Å². The normalized spacial score (nSPS) is 36.4. The van der Waals surface area contributed by atoms with Crippen LogP contribution in [0.25, 0.3) is 0 Å². The van der Waals surface area contributed by atoms with E-state index in [1.807, 2.05) is 0 Å². The third kappa shape index (κ3) is 1.25. The predicted octanol–water partition coefficient (Wildman–Crippen LogP) is 3.25. The lowest BCUT2D eigenvalue weighted by Crippen LogP contribution is -2.41. The molecule has 1 aromatic rings. The molecule has 0 heterocycles. The summed E-state index contributed by atoms with van der Waals surface area (Å²) in [5.41, 5.74) is 3.92. The van der Waals surface area contributed by atoms with E-state index >= 15 is 0 Å². The van der Waals surface area contributed by atoms with E-state index in [0.29, 0.717) is 24.0 Å². The molecule has 1 heteroatoms. The van der Waals surface area contributed by atoms with Gasteiger partial charge in [0.25, 0.3) is 0 Å². The van der Waals surface area contributed by atoms with E-state index in [1.165, 1.54) is 23.1 Å². The van der Waals surface area contributed by atoms with Crippen LogP contribution in [0.3, 0.4) is 0 Å². The number of ketones is 1. The highest BCUT2D eigenvalue weighted by atomic mass is 16.1. The number of benzene rings is 1. The first kappa shape index (κ1) is 10.5. The number of fused-ring (bicyclic) bond motifs is 4. The number of aryl methyl sites for hydroxylation is 1. The molecule has 3 unspecified atom stereocenters. The summed E-state index contributed by atoms with van der Waals surface area (Å²) in [6, 6.07) is 6.63. The molecular formula is C17H18O. The van der Waals surface area contributed by atoms with E-state index < -0.39 is 0 Å². The lowest BCUT2D eigenvalue weighted by molar-refractivity contribution is -0.130. The van der Waals surface area contributed by atoms with Gasteiger partial charge in [0, 0.05) is 11.8 Å². The van der Waals surface area contributed by atoms with Crippen molar-refractivity contribution in [3.8, 4) is 0 Å².